The summed E-state index contributed by atoms with van der Waals surface area (Å²) in [7, 11) is 2.13. The minimum absolute atomic E-state index is 0.188. The summed E-state index contributed by atoms with van der Waals surface area (Å²) < 4.78 is 5.37. The highest BCUT2D eigenvalue weighted by molar-refractivity contribution is 5.05. The maximum atomic E-state index is 5.37. The molecule has 0 aliphatic carbocycles. The molecule has 0 aromatic carbocycles. The third-order valence-electron chi connectivity index (χ3n) is 3.63. The van der Waals surface area contributed by atoms with Crippen LogP contribution in [0.25, 0.3) is 0 Å². The lowest BCUT2D eigenvalue weighted by Crippen LogP contribution is -2.39. The maximum Gasteiger partial charge on any atom is 0.151 e. The summed E-state index contributed by atoms with van der Waals surface area (Å²) in [6, 6.07) is 2.05. The zero-order valence-corrected chi connectivity index (χ0v) is 12.4. The Hall–Kier alpha value is -0.870. The third kappa shape index (κ3) is 4.42. The first-order chi connectivity index (χ1) is 8.49. The molecular formula is C14H27N3O. The third-order valence-corrected chi connectivity index (χ3v) is 3.63. The van der Waals surface area contributed by atoms with Gasteiger partial charge in [0.25, 0.3) is 0 Å². The molecule has 0 fully saturated rings. The molecule has 4 nitrogen and oxygen atoms in total. The first kappa shape index (κ1) is 15.2. The van der Waals surface area contributed by atoms with Gasteiger partial charge in [-0.2, -0.15) is 0 Å². The first-order valence-corrected chi connectivity index (χ1v) is 6.86. The summed E-state index contributed by atoms with van der Waals surface area (Å²) in [5.74, 6) is 0.937. The normalized spacial score (nSPS) is 12.3. The number of hydrogen-bond donors (Lipinski definition) is 1. The average Bonchev–Trinajstić information content (AvgIpc) is 2.77. The van der Waals surface area contributed by atoms with Crippen molar-refractivity contribution in [2.75, 3.05) is 13.6 Å². The van der Waals surface area contributed by atoms with E-state index in [2.05, 4.69) is 50.1 Å². The Morgan fingerprint density at radius 1 is 1.39 bits per heavy atom. The predicted octanol–water partition coefficient (Wildman–Crippen LogP) is 2.79. The van der Waals surface area contributed by atoms with Crippen LogP contribution in [0.5, 0.6) is 0 Å². The second kappa shape index (κ2) is 6.90. The summed E-state index contributed by atoms with van der Waals surface area (Å²) in [5.41, 5.74) is 1.18. The number of hydrogen-bond acceptors (Lipinski definition) is 4. The van der Waals surface area contributed by atoms with Gasteiger partial charge in [0.05, 0.1) is 12.2 Å². The molecule has 0 saturated carbocycles. The predicted molar refractivity (Wildman–Crippen MR) is 74.3 cm³/mol. The van der Waals surface area contributed by atoms with E-state index in [-0.39, 0.29) is 5.54 Å². The van der Waals surface area contributed by atoms with Crippen LogP contribution in [0.4, 0.5) is 0 Å². The summed E-state index contributed by atoms with van der Waals surface area (Å²) in [6.45, 7) is 11.5. The highest BCUT2D eigenvalue weighted by Crippen LogP contribution is 2.19. The van der Waals surface area contributed by atoms with Crippen molar-refractivity contribution in [3.63, 3.8) is 0 Å². The first-order valence-electron chi connectivity index (χ1n) is 6.86. The van der Waals surface area contributed by atoms with E-state index in [1.807, 2.05) is 6.07 Å². The lowest BCUT2D eigenvalue weighted by Gasteiger charge is -2.33. The average molecular weight is 253 g/mol. The topological polar surface area (TPSA) is 41.3 Å². The van der Waals surface area contributed by atoms with Crippen molar-refractivity contribution >= 4 is 0 Å². The molecule has 1 heterocycles. The van der Waals surface area contributed by atoms with E-state index in [1.54, 1.807) is 0 Å². The van der Waals surface area contributed by atoms with E-state index in [0.717, 1.165) is 43.9 Å². The van der Waals surface area contributed by atoms with Gasteiger partial charge in [0, 0.05) is 18.2 Å². The van der Waals surface area contributed by atoms with Gasteiger partial charge in [-0.05, 0) is 40.3 Å². The Morgan fingerprint density at radius 2 is 2.11 bits per heavy atom. The highest BCUT2D eigenvalue weighted by atomic mass is 16.5. The fourth-order valence-corrected chi connectivity index (χ4v) is 1.62. The van der Waals surface area contributed by atoms with E-state index < -0.39 is 0 Å². The number of aromatic nitrogens is 1. The molecule has 4 heteroatoms. The van der Waals surface area contributed by atoms with Gasteiger partial charge in [0.15, 0.2) is 5.76 Å². The summed E-state index contributed by atoms with van der Waals surface area (Å²) in [5, 5.41) is 7.41. The van der Waals surface area contributed by atoms with Crippen molar-refractivity contribution in [2.45, 2.75) is 59.2 Å². The minimum Gasteiger partial charge on any atom is -0.360 e. The van der Waals surface area contributed by atoms with Crippen molar-refractivity contribution < 1.29 is 4.52 Å². The molecule has 1 aromatic heterocycles. The highest BCUT2D eigenvalue weighted by Gasteiger charge is 2.22. The largest absolute Gasteiger partial charge is 0.360 e. The standard InChI is InChI=1S/C14H27N3O/c1-6-8-15-10-12-9-13(18-16-12)11-17(5)14(3,4)7-2/h9,15H,6-8,10-11H2,1-5H3. The Kier molecular flexibility index (Phi) is 5.82. The summed E-state index contributed by atoms with van der Waals surface area (Å²) >= 11 is 0. The molecule has 0 amide bonds. The van der Waals surface area contributed by atoms with Crippen LogP contribution in [0.15, 0.2) is 10.6 Å². The summed E-state index contributed by atoms with van der Waals surface area (Å²) in [4.78, 5) is 2.30. The molecule has 0 aliphatic rings. The zero-order valence-electron chi connectivity index (χ0n) is 12.4. The lowest BCUT2D eigenvalue weighted by molar-refractivity contribution is 0.129. The van der Waals surface area contributed by atoms with Crippen molar-refractivity contribution in [1.82, 2.24) is 15.4 Å². The SMILES string of the molecule is CCCNCc1cc(CN(C)C(C)(C)CC)on1. The van der Waals surface area contributed by atoms with Crippen LogP contribution in [-0.2, 0) is 13.1 Å². The Balaban J connectivity index is 2.48. The quantitative estimate of drug-likeness (QED) is 0.723. The minimum atomic E-state index is 0.188. The Labute approximate surface area is 111 Å². The monoisotopic (exact) mass is 253 g/mol. The van der Waals surface area contributed by atoms with E-state index in [9.17, 15) is 0 Å². The molecule has 0 aliphatic heterocycles. The van der Waals surface area contributed by atoms with E-state index in [4.69, 9.17) is 4.52 Å². The fourth-order valence-electron chi connectivity index (χ4n) is 1.62. The molecule has 0 atom stereocenters. The van der Waals surface area contributed by atoms with E-state index in [1.165, 1.54) is 0 Å². The molecule has 104 valence electrons. The Bertz CT molecular complexity index is 347. The van der Waals surface area contributed by atoms with Gasteiger partial charge in [-0.25, -0.2) is 0 Å². The second-order valence-corrected chi connectivity index (χ2v) is 5.48. The molecule has 18 heavy (non-hydrogen) atoms. The van der Waals surface area contributed by atoms with Gasteiger partial charge >= 0.3 is 0 Å². The van der Waals surface area contributed by atoms with Gasteiger partial charge in [0.2, 0.25) is 0 Å². The number of nitrogens with one attached hydrogen (secondary N) is 1. The van der Waals surface area contributed by atoms with Gasteiger partial charge in [0.1, 0.15) is 0 Å². The number of rotatable bonds is 8. The van der Waals surface area contributed by atoms with Crippen molar-refractivity contribution in [3.8, 4) is 0 Å². The molecule has 0 bridgehead atoms. The van der Waals surface area contributed by atoms with Crippen LogP contribution in [0.1, 0.15) is 52.0 Å². The van der Waals surface area contributed by atoms with Crippen LogP contribution < -0.4 is 5.32 Å². The molecule has 0 spiro atoms. The number of nitrogens with zero attached hydrogens (tertiary/aromatic N) is 2. The van der Waals surface area contributed by atoms with Crippen LogP contribution >= 0.6 is 0 Å². The molecule has 1 rings (SSSR count). The second-order valence-electron chi connectivity index (χ2n) is 5.48. The van der Waals surface area contributed by atoms with E-state index in [0.29, 0.717) is 0 Å². The van der Waals surface area contributed by atoms with Gasteiger partial charge in [-0.1, -0.05) is 19.0 Å². The van der Waals surface area contributed by atoms with Crippen LogP contribution in [0.2, 0.25) is 0 Å². The van der Waals surface area contributed by atoms with Crippen molar-refractivity contribution in [3.05, 3.63) is 17.5 Å². The lowest BCUT2D eigenvalue weighted by atomic mass is 10.00. The molecule has 0 saturated heterocycles. The van der Waals surface area contributed by atoms with Crippen molar-refractivity contribution in [1.29, 1.82) is 0 Å². The van der Waals surface area contributed by atoms with Crippen LogP contribution in [0, 0.1) is 0 Å². The molecular weight excluding hydrogens is 226 g/mol. The van der Waals surface area contributed by atoms with Crippen LogP contribution in [-0.4, -0.2) is 29.2 Å². The molecule has 1 aromatic rings. The maximum absolute atomic E-state index is 5.37. The fraction of sp³-hybridized carbons (Fsp3) is 0.786. The molecule has 1 N–H and O–H groups in total. The Morgan fingerprint density at radius 3 is 2.72 bits per heavy atom. The van der Waals surface area contributed by atoms with Gasteiger partial charge in [-0.15, -0.1) is 0 Å². The van der Waals surface area contributed by atoms with Crippen molar-refractivity contribution in [2.24, 2.45) is 0 Å². The molecule has 0 radical (unpaired) electrons. The van der Waals surface area contributed by atoms with Crippen LogP contribution in [0.3, 0.4) is 0 Å². The summed E-state index contributed by atoms with van der Waals surface area (Å²) in [6.07, 6.45) is 2.25. The van der Waals surface area contributed by atoms with Gasteiger partial charge < -0.3 is 9.84 Å². The smallest absolute Gasteiger partial charge is 0.151 e. The van der Waals surface area contributed by atoms with Gasteiger partial charge in [-0.3, -0.25) is 4.90 Å². The zero-order chi connectivity index (χ0) is 13.6. The molecule has 0 unspecified atom stereocenters. The van der Waals surface area contributed by atoms with E-state index >= 15 is 0 Å².